The number of aryl methyl sites for hydroxylation is 1. The van der Waals surface area contributed by atoms with Gasteiger partial charge in [0, 0.05) is 6.54 Å². The summed E-state index contributed by atoms with van der Waals surface area (Å²) in [7, 11) is 0. The van der Waals surface area contributed by atoms with Crippen LogP contribution < -0.4 is 9.64 Å². The number of halogens is 3. The highest BCUT2D eigenvalue weighted by molar-refractivity contribution is 6.03. The van der Waals surface area contributed by atoms with Crippen LogP contribution in [0.2, 0.25) is 0 Å². The summed E-state index contributed by atoms with van der Waals surface area (Å²) in [4.78, 5) is 14.7. The molecule has 0 spiro atoms. The summed E-state index contributed by atoms with van der Waals surface area (Å²) in [5, 5.41) is 0. The molecular formula is C20H26F3NO3. The van der Waals surface area contributed by atoms with E-state index < -0.39 is 17.3 Å². The van der Waals surface area contributed by atoms with E-state index in [2.05, 4.69) is 6.92 Å². The fourth-order valence-corrected chi connectivity index (χ4v) is 3.30. The number of rotatable bonds is 7. The molecule has 0 bridgehead atoms. The van der Waals surface area contributed by atoms with Gasteiger partial charge in [0.15, 0.2) is 0 Å². The number of fused-ring (bicyclic) bond motifs is 1. The number of amides is 1. The standard InChI is InChI=1S/C20H26F3NO3/c1-4-5-6-9-24-16-10-13(2)15(20(21,22)23)11-17(16)27-19(3,18(24)25)12-26-14-7-8-14/h10-11,14H,4-9,12H2,1-3H3. The van der Waals surface area contributed by atoms with E-state index in [9.17, 15) is 18.0 Å². The van der Waals surface area contributed by atoms with Crippen molar-refractivity contribution in [1.82, 2.24) is 0 Å². The lowest BCUT2D eigenvalue weighted by atomic mass is 9.98. The third-order valence-electron chi connectivity index (χ3n) is 5.04. The van der Waals surface area contributed by atoms with Gasteiger partial charge in [0.25, 0.3) is 5.91 Å². The van der Waals surface area contributed by atoms with Crippen molar-refractivity contribution < 1.29 is 27.4 Å². The molecule has 1 saturated carbocycles. The summed E-state index contributed by atoms with van der Waals surface area (Å²) >= 11 is 0. The van der Waals surface area contributed by atoms with Gasteiger partial charge in [0.1, 0.15) is 5.75 Å². The number of hydrogen-bond donors (Lipinski definition) is 0. The maximum absolute atomic E-state index is 13.3. The molecule has 0 N–H and O–H groups in total. The molecule has 3 rings (SSSR count). The van der Waals surface area contributed by atoms with Gasteiger partial charge >= 0.3 is 6.18 Å². The normalized spacial score (nSPS) is 22.6. The molecule has 1 amide bonds. The minimum atomic E-state index is -4.47. The summed E-state index contributed by atoms with van der Waals surface area (Å²) in [5.74, 6) is -0.170. The van der Waals surface area contributed by atoms with Crippen molar-refractivity contribution >= 4 is 11.6 Å². The lowest BCUT2D eigenvalue weighted by molar-refractivity contribution is -0.141. The van der Waals surface area contributed by atoms with E-state index >= 15 is 0 Å². The minimum Gasteiger partial charge on any atom is -0.473 e. The van der Waals surface area contributed by atoms with Gasteiger partial charge in [0.05, 0.1) is 24.0 Å². The van der Waals surface area contributed by atoms with Gasteiger partial charge in [0.2, 0.25) is 5.60 Å². The molecule has 1 atom stereocenters. The second-order valence-electron chi connectivity index (χ2n) is 7.64. The van der Waals surface area contributed by atoms with Gasteiger partial charge in [-0.3, -0.25) is 4.79 Å². The predicted octanol–water partition coefficient (Wildman–Crippen LogP) is 4.87. The quantitative estimate of drug-likeness (QED) is 0.629. The second kappa shape index (κ2) is 7.34. The third-order valence-corrected chi connectivity index (χ3v) is 5.04. The topological polar surface area (TPSA) is 38.8 Å². The molecule has 0 aromatic heterocycles. The molecule has 0 saturated heterocycles. The first-order chi connectivity index (χ1) is 12.7. The van der Waals surface area contributed by atoms with Gasteiger partial charge in [-0.2, -0.15) is 13.2 Å². The van der Waals surface area contributed by atoms with Crippen molar-refractivity contribution in [2.45, 2.75) is 70.8 Å². The van der Waals surface area contributed by atoms with Crippen LogP contribution >= 0.6 is 0 Å². The van der Waals surface area contributed by atoms with E-state index in [4.69, 9.17) is 9.47 Å². The summed E-state index contributed by atoms with van der Waals surface area (Å²) in [6.45, 7) is 5.55. The predicted molar refractivity (Wildman–Crippen MR) is 96.1 cm³/mol. The fraction of sp³-hybridized carbons (Fsp3) is 0.650. The first-order valence-electron chi connectivity index (χ1n) is 9.50. The van der Waals surface area contributed by atoms with Crippen molar-refractivity contribution in [1.29, 1.82) is 0 Å². The van der Waals surface area contributed by atoms with Crippen molar-refractivity contribution in [2.75, 3.05) is 18.1 Å². The molecule has 1 aromatic rings. The van der Waals surface area contributed by atoms with E-state index in [0.717, 1.165) is 38.2 Å². The fourth-order valence-electron chi connectivity index (χ4n) is 3.30. The molecule has 1 fully saturated rings. The number of carbonyl (C=O) groups is 1. The molecule has 4 nitrogen and oxygen atoms in total. The van der Waals surface area contributed by atoms with Crippen LogP contribution in [-0.4, -0.2) is 30.8 Å². The van der Waals surface area contributed by atoms with Gasteiger partial charge in [-0.15, -0.1) is 0 Å². The number of hydrogen-bond acceptors (Lipinski definition) is 3. The van der Waals surface area contributed by atoms with Crippen molar-refractivity contribution in [3.05, 3.63) is 23.3 Å². The van der Waals surface area contributed by atoms with Crippen molar-refractivity contribution in [3.63, 3.8) is 0 Å². The van der Waals surface area contributed by atoms with Gasteiger partial charge in [-0.1, -0.05) is 19.8 Å². The number of anilines is 1. The SMILES string of the molecule is CCCCCN1C(=O)C(C)(COC2CC2)Oc2cc(C(F)(F)F)c(C)cc21. The molecular weight excluding hydrogens is 359 g/mol. The Morgan fingerprint density at radius 1 is 1.30 bits per heavy atom. The Kier molecular flexibility index (Phi) is 5.43. The van der Waals surface area contributed by atoms with Gasteiger partial charge in [-0.05, 0) is 50.8 Å². The maximum atomic E-state index is 13.3. The van der Waals surface area contributed by atoms with Crippen LogP contribution in [0.15, 0.2) is 12.1 Å². The molecule has 1 aromatic carbocycles. The van der Waals surface area contributed by atoms with Gasteiger partial charge in [-0.25, -0.2) is 0 Å². The van der Waals surface area contributed by atoms with E-state index in [1.54, 1.807) is 11.8 Å². The van der Waals surface area contributed by atoms with Crippen LogP contribution in [0.4, 0.5) is 18.9 Å². The summed E-state index contributed by atoms with van der Waals surface area (Å²) in [5.41, 5.74) is -1.57. The number of carbonyl (C=O) groups excluding carboxylic acids is 1. The minimum absolute atomic E-state index is 0.0371. The molecule has 2 aliphatic rings. The van der Waals surface area contributed by atoms with Crippen molar-refractivity contribution in [2.24, 2.45) is 0 Å². The summed E-state index contributed by atoms with van der Waals surface area (Å²) in [6.07, 6.45) is 0.238. The van der Waals surface area contributed by atoms with Crippen molar-refractivity contribution in [3.8, 4) is 5.75 Å². The molecule has 1 aliphatic carbocycles. The van der Waals surface area contributed by atoms with E-state index in [1.165, 1.54) is 13.0 Å². The molecule has 1 heterocycles. The zero-order chi connectivity index (χ0) is 19.8. The Morgan fingerprint density at radius 2 is 2.00 bits per heavy atom. The summed E-state index contributed by atoms with van der Waals surface area (Å²) in [6, 6.07) is 2.42. The third kappa shape index (κ3) is 4.23. The first-order valence-corrected chi connectivity index (χ1v) is 9.50. The highest BCUT2D eigenvalue weighted by Crippen LogP contribution is 2.44. The number of alkyl halides is 3. The summed E-state index contributed by atoms with van der Waals surface area (Å²) < 4.78 is 51.5. The van der Waals surface area contributed by atoms with E-state index in [-0.39, 0.29) is 29.9 Å². The van der Waals surface area contributed by atoms with Crippen LogP contribution in [-0.2, 0) is 15.7 Å². The molecule has 1 unspecified atom stereocenters. The number of benzene rings is 1. The lowest BCUT2D eigenvalue weighted by Crippen LogP contribution is -2.57. The van der Waals surface area contributed by atoms with Gasteiger partial charge < -0.3 is 14.4 Å². The number of ether oxygens (including phenoxy) is 2. The zero-order valence-corrected chi connectivity index (χ0v) is 16.0. The second-order valence-corrected chi connectivity index (χ2v) is 7.64. The van der Waals surface area contributed by atoms with E-state index in [1.807, 2.05) is 0 Å². The largest absolute Gasteiger partial charge is 0.473 e. The first kappa shape index (κ1) is 20.0. The van der Waals surface area contributed by atoms with Crippen LogP contribution in [0.25, 0.3) is 0 Å². The molecule has 0 radical (unpaired) electrons. The Labute approximate surface area is 157 Å². The zero-order valence-electron chi connectivity index (χ0n) is 16.0. The van der Waals surface area contributed by atoms with Crippen LogP contribution in [0, 0.1) is 6.92 Å². The number of nitrogens with zero attached hydrogens (tertiary/aromatic N) is 1. The molecule has 1 aliphatic heterocycles. The lowest BCUT2D eigenvalue weighted by Gasteiger charge is -2.41. The Balaban J connectivity index is 1.97. The van der Waals surface area contributed by atoms with Crippen LogP contribution in [0.1, 0.15) is 57.1 Å². The Hall–Kier alpha value is -1.76. The molecule has 150 valence electrons. The Morgan fingerprint density at radius 3 is 2.59 bits per heavy atom. The molecule has 7 heteroatoms. The monoisotopic (exact) mass is 385 g/mol. The maximum Gasteiger partial charge on any atom is 0.416 e. The van der Waals surface area contributed by atoms with Crippen LogP contribution in [0.3, 0.4) is 0 Å². The average molecular weight is 385 g/mol. The smallest absolute Gasteiger partial charge is 0.416 e. The molecule has 27 heavy (non-hydrogen) atoms. The highest BCUT2D eigenvalue weighted by atomic mass is 19.4. The average Bonchev–Trinajstić information content (AvgIpc) is 3.40. The number of unbranched alkanes of at least 4 members (excludes halogenated alkanes) is 2. The van der Waals surface area contributed by atoms with Crippen LogP contribution in [0.5, 0.6) is 5.75 Å². The Bertz CT molecular complexity index is 715. The van der Waals surface area contributed by atoms with E-state index in [0.29, 0.717) is 12.2 Å². The highest BCUT2D eigenvalue weighted by Gasteiger charge is 2.47.